The fourth-order valence-corrected chi connectivity index (χ4v) is 1.48. The number of nitrogens with zero attached hydrogens (tertiary/aromatic N) is 4. The molecule has 90 valence electrons. The van der Waals surface area contributed by atoms with Gasteiger partial charge >= 0.3 is 0 Å². The molecule has 1 aromatic heterocycles. The fourth-order valence-electron chi connectivity index (χ4n) is 1.48. The molecule has 0 saturated carbocycles. The molecule has 6 nitrogen and oxygen atoms in total. The van der Waals surface area contributed by atoms with E-state index in [0.29, 0.717) is 11.6 Å². The molecule has 0 bridgehead atoms. The van der Waals surface area contributed by atoms with Crippen LogP contribution in [0.3, 0.4) is 0 Å². The summed E-state index contributed by atoms with van der Waals surface area (Å²) in [5.41, 5.74) is 0.747. The number of benzene rings is 1. The van der Waals surface area contributed by atoms with Gasteiger partial charge in [0.25, 0.3) is 0 Å². The summed E-state index contributed by atoms with van der Waals surface area (Å²) in [5, 5.41) is 21.1. The van der Waals surface area contributed by atoms with Crippen LogP contribution in [0.2, 0.25) is 0 Å². The Kier molecular flexibility index (Phi) is 3.34. The van der Waals surface area contributed by atoms with E-state index in [1.807, 2.05) is 18.2 Å². The van der Waals surface area contributed by atoms with Crippen LogP contribution in [-0.2, 0) is 13.7 Å². The standard InChI is InChI=1S/C11H14N4O2/c1-8(16)9-5-3-4-6-10(9)17-7-11-12-14-15(2)13-11/h3-6,8,16H,7H2,1-2H3. The lowest BCUT2D eigenvalue weighted by molar-refractivity contribution is 0.189. The Labute approximate surface area is 98.8 Å². The highest BCUT2D eigenvalue weighted by Crippen LogP contribution is 2.24. The van der Waals surface area contributed by atoms with Crippen molar-refractivity contribution >= 4 is 0 Å². The fraction of sp³-hybridized carbons (Fsp3) is 0.364. The third kappa shape index (κ3) is 2.79. The molecule has 2 aromatic rings. The van der Waals surface area contributed by atoms with Gasteiger partial charge in [-0.2, -0.15) is 4.80 Å². The van der Waals surface area contributed by atoms with Crippen molar-refractivity contribution in [2.75, 3.05) is 0 Å². The van der Waals surface area contributed by atoms with E-state index in [4.69, 9.17) is 4.74 Å². The average molecular weight is 234 g/mol. The zero-order valence-electron chi connectivity index (χ0n) is 9.74. The first-order valence-electron chi connectivity index (χ1n) is 5.29. The van der Waals surface area contributed by atoms with E-state index in [-0.39, 0.29) is 6.61 Å². The van der Waals surface area contributed by atoms with Crippen molar-refractivity contribution in [3.05, 3.63) is 35.7 Å². The Balaban J connectivity index is 2.08. The van der Waals surface area contributed by atoms with Crippen LogP contribution in [0.25, 0.3) is 0 Å². The van der Waals surface area contributed by atoms with Crippen molar-refractivity contribution in [1.82, 2.24) is 20.2 Å². The third-order valence-electron chi connectivity index (χ3n) is 2.28. The summed E-state index contributed by atoms with van der Waals surface area (Å²) in [6.07, 6.45) is -0.569. The van der Waals surface area contributed by atoms with E-state index in [2.05, 4.69) is 15.4 Å². The van der Waals surface area contributed by atoms with Crippen LogP contribution in [0.1, 0.15) is 24.4 Å². The van der Waals surface area contributed by atoms with Gasteiger partial charge in [0.05, 0.1) is 13.2 Å². The highest BCUT2D eigenvalue weighted by atomic mass is 16.5. The number of ether oxygens (including phenoxy) is 1. The van der Waals surface area contributed by atoms with Gasteiger partial charge in [0, 0.05) is 5.56 Å². The van der Waals surface area contributed by atoms with Crippen LogP contribution in [0.5, 0.6) is 5.75 Å². The van der Waals surface area contributed by atoms with Gasteiger partial charge in [-0.1, -0.05) is 18.2 Å². The van der Waals surface area contributed by atoms with Crippen LogP contribution >= 0.6 is 0 Å². The van der Waals surface area contributed by atoms with Gasteiger partial charge in [-0.05, 0) is 18.2 Å². The lowest BCUT2D eigenvalue weighted by atomic mass is 10.1. The molecule has 0 spiro atoms. The lowest BCUT2D eigenvalue weighted by Crippen LogP contribution is -2.02. The monoisotopic (exact) mass is 234 g/mol. The highest BCUT2D eigenvalue weighted by Gasteiger charge is 2.09. The van der Waals surface area contributed by atoms with E-state index >= 15 is 0 Å². The van der Waals surface area contributed by atoms with E-state index in [0.717, 1.165) is 5.56 Å². The molecule has 0 saturated heterocycles. The lowest BCUT2D eigenvalue weighted by Gasteiger charge is -2.11. The normalized spacial score (nSPS) is 12.4. The van der Waals surface area contributed by atoms with E-state index < -0.39 is 6.10 Å². The first kappa shape index (κ1) is 11.5. The zero-order valence-corrected chi connectivity index (χ0v) is 9.74. The molecule has 0 radical (unpaired) electrons. The maximum Gasteiger partial charge on any atom is 0.212 e. The van der Waals surface area contributed by atoms with E-state index in [9.17, 15) is 5.11 Å². The summed E-state index contributed by atoms with van der Waals surface area (Å²) in [6.45, 7) is 1.93. The van der Waals surface area contributed by atoms with Gasteiger partial charge in [-0.25, -0.2) is 0 Å². The molecule has 1 unspecified atom stereocenters. The smallest absolute Gasteiger partial charge is 0.212 e. The molecule has 2 rings (SSSR count). The Morgan fingerprint density at radius 1 is 1.41 bits per heavy atom. The first-order chi connectivity index (χ1) is 8.16. The maximum absolute atomic E-state index is 9.58. The molecule has 0 amide bonds. The molecule has 17 heavy (non-hydrogen) atoms. The van der Waals surface area contributed by atoms with Gasteiger partial charge in [0.1, 0.15) is 5.75 Å². The maximum atomic E-state index is 9.58. The van der Waals surface area contributed by atoms with Crippen molar-refractivity contribution in [2.24, 2.45) is 7.05 Å². The SMILES string of the molecule is CC(O)c1ccccc1OCc1nnn(C)n1. The number of hydrogen-bond donors (Lipinski definition) is 1. The molecule has 0 aliphatic heterocycles. The number of aliphatic hydroxyl groups is 1. The van der Waals surface area contributed by atoms with Gasteiger partial charge in [0.15, 0.2) is 6.61 Å². The van der Waals surface area contributed by atoms with Gasteiger partial charge in [-0.3, -0.25) is 0 Å². The van der Waals surface area contributed by atoms with Crippen molar-refractivity contribution in [1.29, 1.82) is 0 Å². The van der Waals surface area contributed by atoms with Crippen molar-refractivity contribution in [3.8, 4) is 5.75 Å². The molecular formula is C11H14N4O2. The molecule has 6 heteroatoms. The van der Waals surface area contributed by atoms with Gasteiger partial charge in [-0.15, -0.1) is 10.2 Å². The molecule has 1 aromatic carbocycles. The summed E-state index contributed by atoms with van der Waals surface area (Å²) in [5.74, 6) is 1.14. The predicted molar refractivity (Wildman–Crippen MR) is 60.2 cm³/mol. The quantitative estimate of drug-likeness (QED) is 0.848. The number of rotatable bonds is 4. The number of aliphatic hydroxyl groups excluding tert-OH is 1. The second-order valence-electron chi connectivity index (χ2n) is 3.70. The second-order valence-corrected chi connectivity index (χ2v) is 3.70. The van der Waals surface area contributed by atoms with Crippen molar-refractivity contribution in [2.45, 2.75) is 19.6 Å². The number of aryl methyl sites for hydroxylation is 1. The molecule has 1 N–H and O–H groups in total. The van der Waals surface area contributed by atoms with Gasteiger partial charge < -0.3 is 9.84 Å². The van der Waals surface area contributed by atoms with Crippen LogP contribution in [-0.4, -0.2) is 25.3 Å². The summed E-state index contributed by atoms with van der Waals surface area (Å²) >= 11 is 0. The predicted octanol–water partition coefficient (Wildman–Crippen LogP) is 0.842. The number of aromatic nitrogens is 4. The second kappa shape index (κ2) is 4.92. The Morgan fingerprint density at radius 2 is 2.18 bits per heavy atom. The minimum absolute atomic E-state index is 0.234. The molecular weight excluding hydrogens is 220 g/mol. The van der Waals surface area contributed by atoms with Crippen molar-refractivity contribution < 1.29 is 9.84 Å². The Hall–Kier alpha value is -1.95. The zero-order chi connectivity index (χ0) is 12.3. The first-order valence-corrected chi connectivity index (χ1v) is 5.29. The summed E-state index contributed by atoms with van der Waals surface area (Å²) < 4.78 is 5.56. The van der Waals surface area contributed by atoms with Crippen LogP contribution < -0.4 is 4.74 Å². The largest absolute Gasteiger partial charge is 0.485 e. The average Bonchev–Trinajstić information content (AvgIpc) is 2.73. The number of tetrazole rings is 1. The number of para-hydroxylation sites is 1. The molecule has 0 fully saturated rings. The highest BCUT2D eigenvalue weighted by molar-refractivity contribution is 5.34. The Morgan fingerprint density at radius 3 is 2.82 bits per heavy atom. The van der Waals surface area contributed by atoms with Crippen LogP contribution in [0, 0.1) is 0 Å². The third-order valence-corrected chi connectivity index (χ3v) is 2.28. The minimum atomic E-state index is -0.569. The molecule has 0 aliphatic rings. The van der Waals surface area contributed by atoms with Gasteiger partial charge in [0.2, 0.25) is 5.82 Å². The van der Waals surface area contributed by atoms with Crippen molar-refractivity contribution in [3.63, 3.8) is 0 Å². The number of hydrogen-bond acceptors (Lipinski definition) is 5. The summed E-state index contributed by atoms with van der Waals surface area (Å²) in [6, 6.07) is 7.34. The molecule has 1 heterocycles. The summed E-state index contributed by atoms with van der Waals surface area (Å²) in [4.78, 5) is 1.37. The Bertz CT molecular complexity index is 496. The van der Waals surface area contributed by atoms with Crippen LogP contribution in [0.15, 0.2) is 24.3 Å². The van der Waals surface area contributed by atoms with Crippen LogP contribution in [0.4, 0.5) is 0 Å². The summed E-state index contributed by atoms with van der Waals surface area (Å²) in [7, 11) is 1.69. The minimum Gasteiger partial charge on any atom is -0.485 e. The van der Waals surface area contributed by atoms with E-state index in [1.54, 1.807) is 20.0 Å². The van der Waals surface area contributed by atoms with E-state index in [1.165, 1.54) is 4.80 Å². The molecule has 0 aliphatic carbocycles. The molecule has 1 atom stereocenters. The topological polar surface area (TPSA) is 73.1 Å².